The highest BCUT2D eigenvalue weighted by atomic mass is 19.3. The van der Waals surface area contributed by atoms with E-state index in [2.05, 4.69) is 10.1 Å². The van der Waals surface area contributed by atoms with Gasteiger partial charge in [-0.2, -0.15) is 0 Å². The van der Waals surface area contributed by atoms with Crippen LogP contribution >= 0.6 is 0 Å². The molecule has 0 saturated carbocycles. The second-order valence-electron chi connectivity index (χ2n) is 2.85. The van der Waals surface area contributed by atoms with Crippen molar-refractivity contribution in [1.29, 1.82) is 0 Å². The van der Waals surface area contributed by atoms with E-state index in [0.29, 0.717) is 5.69 Å². The van der Waals surface area contributed by atoms with Gasteiger partial charge in [-0.15, -0.1) is 0 Å². The number of esters is 1. The second-order valence-corrected chi connectivity index (χ2v) is 2.85. The molecule has 0 spiro atoms. The fraction of sp³-hybridized carbons (Fsp3) is 0.300. The minimum atomic E-state index is -2.81. The highest BCUT2D eigenvalue weighted by Gasteiger charge is 2.28. The monoisotopic (exact) mass is 215 g/mol. The molecule has 1 aromatic rings. The standard InChI is InChI=1S/C10H11F2NO2/c1-15-10(14)8(9(11)12)13-7-5-3-2-4-6-7/h2-6,8-9,13H,1H3. The topological polar surface area (TPSA) is 38.3 Å². The number of rotatable bonds is 4. The van der Waals surface area contributed by atoms with Gasteiger partial charge in [-0.25, -0.2) is 13.6 Å². The number of benzene rings is 1. The Hall–Kier alpha value is -1.65. The summed E-state index contributed by atoms with van der Waals surface area (Å²) in [6.45, 7) is 0. The molecule has 3 nitrogen and oxygen atoms in total. The van der Waals surface area contributed by atoms with Crippen molar-refractivity contribution in [2.75, 3.05) is 12.4 Å². The first-order valence-corrected chi connectivity index (χ1v) is 4.32. The average molecular weight is 215 g/mol. The molecule has 0 amide bonds. The highest BCUT2D eigenvalue weighted by molar-refractivity contribution is 5.79. The van der Waals surface area contributed by atoms with Gasteiger partial charge in [0.2, 0.25) is 0 Å². The number of halogens is 2. The molecule has 1 N–H and O–H groups in total. The van der Waals surface area contributed by atoms with Gasteiger partial charge in [0.25, 0.3) is 6.43 Å². The van der Waals surface area contributed by atoms with E-state index in [-0.39, 0.29) is 0 Å². The Labute approximate surface area is 86.0 Å². The van der Waals surface area contributed by atoms with Gasteiger partial charge in [0.15, 0.2) is 6.04 Å². The van der Waals surface area contributed by atoms with Crippen molar-refractivity contribution in [3.63, 3.8) is 0 Å². The summed E-state index contributed by atoms with van der Waals surface area (Å²) in [4.78, 5) is 11.0. The van der Waals surface area contributed by atoms with E-state index < -0.39 is 18.4 Å². The summed E-state index contributed by atoms with van der Waals surface area (Å²) in [5.74, 6) is -0.978. The predicted molar refractivity (Wildman–Crippen MR) is 51.9 cm³/mol. The first kappa shape index (κ1) is 11.4. The number of hydrogen-bond acceptors (Lipinski definition) is 3. The van der Waals surface area contributed by atoms with Crippen LogP contribution < -0.4 is 5.32 Å². The first-order chi connectivity index (χ1) is 7.15. The number of carbonyl (C=O) groups excluding carboxylic acids is 1. The number of alkyl halides is 2. The van der Waals surface area contributed by atoms with E-state index in [0.717, 1.165) is 7.11 Å². The smallest absolute Gasteiger partial charge is 0.334 e. The third kappa shape index (κ3) is 3.19. The summed E-state index contributed by atoms with van der Waals surface area (Å²) in [5, 5.41) is 2.40. The van der Waals surface area contributed by atoms with Crippen LogP contribution in [0.5, 0.6) is 0 Å². The normalized spacial score (nSPS) is 12.3. The van der Waals surface area contributed by atoms with Crippen LogP contribution in [0.3, 0.4) is 0 Å². The Balaban J connectivity index is 2.72. The van der Waals surface area contributed by atoms with Crippen LogP contribution in [0.2, 0.25) is 0 Å². The zero-order chi connectivity index (χ0) is 11.3. The van der Waals surface area contributed by atoms with Gasteiger partial charge >= 0.3 is 5.97 Å². The van der Waals surface area contributed by atoms with E-state index in [1.54, 1.807) is 30.3 Å². The summed E-state index contributed by atoms with van der Waals surface area (Å²) < 4.78 is 29.2. The maximum Gasteiger partial charge on any atom is 0.334 e. The van der Waals surface area contributed by atoms with Crippen molar-refractivity contribution in [2.24, 2.45) is 0 Å². The fourth-order valence-electron chi connectivity index (χ4n) is 1.07. The van der Waals surface area contributed by atoms with E-state index in [1.807, 2.05) is 0 Å². The Bertz CT molecular complexity index is 316. The summed E-state index contributed by atoms with van der Waals surface area (Å²) in [7, 11) is 1.07. The van der Waals surface area contributed by atoms with E-state index in [9.17, 15) is 13.6 Å². The quantitative estimate of drug-likeness (QED) is 0.779. The van der Waals surface area contributed by atoms with Gasteiger partial charge in [-0.1, -0.05) is 18.2 Å². The number of methoxy groups -OCH3 is 1. The molecule has 0 aliphatic rings. The lowest BCUT2D eigenvalue weighted by atomic mass is 10.2. The van der Waals surface area contributed by atoms with Crippen molar-refractivity contribution in [1.82, 2.24) is 0 Å². The molecule has 0 aromatic heterocycles. The van der Waals surface area contributed by atoms with Gasteiger partial charge in [-0.3, -0.25) is 0 Å². The third-order valence-electron chi connectivity index (χ3n) is 1.80. The number of hydrogen-bond donors (Lipinski definition) is 1. The molecule has 0 bridgehead atoms. The largest absolute Gasteiger partial charge is 0.467 e. The molecule has 0 fully saturated rings. The number of ether oxygens (including phenoxy) is 1. The van der Waals surface area contributed by atoms with E-state index in [4.69, 9.17) is 0 Å². The number of carbonyl (C=O) groups is 1. The van der Waals surface area contributed by atoms with Crippen molar-refractivity contribution in [3.05, 3.63) is 30.3 Å². The number of nitrogens with one attached hydrogen (secondary N) is 1. The Morgan fingerprint density at radius 1 is 1.33 bits per heavy atom. The number of anilines is 1. The highest BCUT2D eigenvalue weighted by Crippen LogP contribution is 2.12. The third-order valence-corrected chi connectivity index (χ3v) is 1.80. The molecule has 82 valence electrons. The van der Waals surface area contributed by atoms with Crippen molar-refractivity contribution in [2.45, 2.75) is 12.5 Å². The minimum Gasteiger partial charge on any atom is -0.467 e. The van der Waals surface area contributed by atoms with Gasteiger partial charge in [0.1, 0.15) is 0 Å². The SMILES string of the molecule is COC(=O)C(Nc1ccccc1)C(F)F. The zero-order valence-corrected chi connectivity index (χ0v) is 8.11. The molecule has 0 heterocycles. The van der Waals surface area contributed by atoms with Gasteiger partial charge in [0, 0.05) is 5.69 Å². The lowest BCUT2D eigenvalue weighted by Crippen LogP contribution is -2.37. The zero-order valence-electron chi connectivity index (χ0n) is 8.11. The molecule has 1 unspecified atom stereocenters. The molecule has 0 saturated heterocycles. The second kappa shape index (κ2) is 5.29. The molecule has 15 heavy (non-hydrogen) atoms. The molecule has 5 heteroatoms. The first-order valence-electron chi connectivity index (χ1n) is 4.32. The van der Waals surface area contributed by atoms with Gasteiger partial charge in [0.05, 0.1) is 7.11 Å². The van der Waals surface area contributed by atoms with Crippen LogP contribution in [0, 0.1) is 0 Å². The summed E-state index contributed by atoms with van der Waals surface area (Å²) in [6, 6.07) is 6.68. The fourth-order valence-corrected chi connectivity index (χ4v) is 1.07. The van der Waals surface area contributed by atoms with Crippen LogP contribution in [0.25, 0.3) is 0 Å². The van der Waals surface area contributed by atoms with Crippen LogP contribution in [0.15, 0.2) is 30.3 Å². The molecule has 1 rings (SSSR count). The predicted octanol–water partition coefficient (Wildman–Crippen LogP) is 1.91. The molecule has 0 aliphatic carbocycles. The Kier molecular flexibility index (Phi) is 4.03. The van der Waals surface area contributed by atoms with Crippen molar-refractivity contribution >= 4 is 11.7 Å². The Morgan fingerprint density at radius 2 is 1.93 bits per heavy atom. The van der Waals surface area contributed by atoms with Crippen molar-refractivity contribution in [3.8, 4) is 0 Å². The number of para-hydroxylation sites is 1. The lowest BCUT2D eigenvalue weighted by molar-refractivity contribution is -0.144. The summed E-state index contributed by atoms with van der Waals surface area (Å²) >= 11 is 0. The average Bonchev–Trinajstić information content (AvgIpc) is 2.26. The maximum absolute atomic E-state index is 12.5. The summed E-state index contributed by atoms with van der Waals surface area (Å²) in [6.07, 6.45) is -2.81. The van der Waals surface area contributed by atoms with Gasteiger partial charge in [-0.05, 0) is 12.1 Å². The molecular weight excluding hydrogens is 204 g/mol. The maximum atomic E-state index is 12.5. The molecular formula is C10H11F2NO2. The Morgan fingerprint density at radius 3 is 2.40 bits per heavy atom. The van der Waals surface area contributed by atoms with Gasteiger partial charge < -0.3 is 10.1 Å². The van der Waals surface area contributed by atoms with Crippen molar-refractivity contribution < 1.29 is 18.3 Å². The van der Waals surface area contributed by atoms with Crippen LogP contribution in [-0.2, 0) is 9.53 Å². The molecule has 1 atom stereocenters. The van der Waals surface area contributed by atoms with E-state index >= 15 is 0 Å². The lowest BCUT2D eigenvalue weighted by Gasteiger charge is -2.16. The molecule has 0 aliphatic heterocycles. The summed E-state index contributed by atoms with van der Waals surface area (Å²) in [5.41, 5.74) is 0.452. The molecule has 1 aromatic carbocycles. The molecule has 0 radical (unpaired) electrons. The minimum absolute atomic E-state index is 0.452. The van der Waals surface area contributed by atoms with Crippen LogP contribution in [-0.4, -0.2) is 25.5 Å². The van der Waals surface area contributed by atoms with E-state index in [1.165, 1.54) is 0 Å². The van der Waals surface area contributed by atoms with Crippen LogP contribution in [0.4, 0.5) is 14.5 Å². The van der Waals surface area contributed by atoms with Crippen LogP contribution in [0.1, 0.15) is 0 Å².